The van der Waals surface area contributed by atoms with Crippen LogP contribution >= 0.6 is 0 Å². The highest BCUT2D eigenvalue weighted by Crippen LogP contribution is 2.31. The monoisotopic (exact) mass is 314 g/mol. The number of carbonyl (C=O) groups is 2. The number of methoxy groups -OCH3 is 1. The van der Waals surface area contributed by atoms with Gasteiger partial charge < -0.3 is 15.0 Å². The highest BCUT2D eigenvalue weighted by atomic mass is 19.1. The molecule has 23 heavy (non-hydrogen) atoms. The number of ether oxygens (including phenoxy) is 1. The van der Waals surface area contributed by atoms with Crippen LogP contribution in [0.15, 0.2) is 42.5 Å². The Bertz CT molecular complexity index is 776. The first-order valence-electron chi connectivity index (χ1n) is 7.09. The van der Waals surface area contributed by atoms with Gasteiger partial charge in [0, 0.05) is 0 Å². The zero-order valence-corrected chi connectivity index (χ0v) is 12.5. The van der Waals surface area contributed by atoms with Gasteiger partial charge >= 0.3 is 5.97 Å². The Morgan fingerprint density at radius 1 is 1.30 bits per heavy atom. The molecule has 0 spiro atoms. The summed E-state index contributed by atoms with van der Waals surface area (Å²) >= 11 is 0. The minimum Gasteiger partial charge on any atom is -0.465 e. The van der Waals surface area contributed by atoms with Crippen LogP contribution in [0.3, 0.4) is 0 Å². The van der Waals surface area contributed by atoms with Crippen molar-refractivity contribution in [3.8, 4) is 0 Å². The number of hydrogen-bond acceptors (Lipinski definition) is 4. The summed E-state index contributed by atoms with van der Waals surface area (Å²) in [4.78, 5) is 25.4. The molecule has 1 heterocycles. The Morgan fingerprint density at radius 3 is 2.91 bits per heavy atom. The minimum absolute atomic E-state index is 0.104. The molecule has 1 amide bonds. The summed E-state index contributed by atoms with van der Waals surface area (Å²) in [6.07, 6.45) is 0. The van der Waals surface area contributed by atoms with Crippen LogP contribution in [0.1, 0.15) is 15.9 Å². The maximum Gasteiger partial charge on any atom is 0.337 e. The van der Waals surface area contributed by atoms with E-state index in [1.807, 2.05) is 6.07 Å². The molecule has 0 radical (unpaired) electrons. The van der Waals surface area contributed by atoms with Crippen molar-refractivity contribution in [1.29, 1.82) is 0 Å². The molecule has 0 aliphatic carbocycles. The van der Waals surface area contributed by atoms with Crippen molar-refractivity contribution in [3.05, 3.63) is 59.4 Å². The van der Waals surface area contributed by atoms with Crippen LogP contribution in [0.25, 0.3) is 0 Å². The standard InChI is InChI=1S/C17H15FN2O3/c1-23-17(22)12-4-2-3-11(7-12)10-20-15-6-5-13(18)8-14(15)19-9-16(20)21/h2-8,19H,9-10H2,1H3. The average Bonchev–Trinajstić information content (AvgIpc) is 2.57. The molecular formula is C17H15FN2O3. The van der Waals surface area contributed by atoms with E-state index < -0.39 is 5.97 Å². The van der Waals surface area contributed by atoms with Crippen molar-refractivity contribution in [3.63, 3.8) is 0 Å². The fourth-order valence-corrected chi connectivity index (χ4v) is 2.56. The summed E-state index contributed by atoms with van der Waals surface area (Å²) in [7, 11) is 1.32. The number of nitrogens with zero attached hydrogens (tertiary/aromatic N) is 1. The third kappa shape index (κ3) is 3.01. The molecule has 0 saturated heterocycles. The number of halogens is 1. The van der Waals surface area contributed by atoms with Crippen LogP contribution in [0.5, 0.6) is 0 Å². The first-order chi connectivity index (χ1) is 11.1. The largest absolute Gasteiger partial charge is 0.465 e. The van der Waals surface area contributed by atoms with Crippen LogP contribution < -0.4 is 10.2 Å². The molecule has 0 unspecified atom stereocenters. The van der Waals surface area contributed by atoms with Crippen molar-refractivity contribution >= 4 is 23.3 Å². The molecule has 118 valence electrons. The number of amides is 1. The van der Waals surface area contributed by atoms with E-state index in [9.17, 15) is 14.0 Å². The van der Waals surface area contributed by atoms with Crippen LogP contribution in [0.4, 0.5) is 15.8 Å². The van der Waals surface area contributed by atoms with Gasteiger partial charge in [-0.1, -0.05) is 12.1 Å². The first kappa shape index (κ1) is 15.0. The van der Waals surface area contributed by atoms with Crippen molar-refractivity contribution < 1.29 is 18.7 Å². The van der Waals surface area contributed by atoms with Crippen LogP contribution in [-0.4, -0.2) is 25.5 Å². The van der Waals surface area contributed by atoms with Gasteiger partial charge in [0.1, 0.15) is 5.82 Å². The van der Waals surface area contributed by atoms with Gasteiger partial charge in [-0.3, -0.25) is 4.79 Å². The molecule has 2 aromatic carbocycles. The molecule has 0 fully saturated rings. The van der Waals surface area contributed by atoms with E-state index in [2.05, 4.69) is 5.32 Å². The van der Waals surface area contributed by atoms with Crippen LogP contribution in [-0.2, 0) is 16.1 Å². The third-order valence-corrected chi connectivity index (χ3v) is 3.67. The number of anilines is 2. The molecule has 0 atom stereocenters. The van der Waals surface area contributed by atoms with Gasteiger partial charge in [0.05, 0.1) is 37.1 Å². The minimum atomic E-state index is -0.430. The smallest absolute Gasteiger partial charge is 0.337 e. The Hall–Kier alpha value is -2.89. The molecule has 1 N–H and O–H groups in total. The summed E-state index contributed by atoms with van der Waals surface area (Å²) in [5, 5.41) is 2.90. The normalized spacial score (nSPS) is 13.3. The predicted octanol–water partition coefficient (Wildman–Crippen LogP) is 2.57. The van der Waals surface area contributed by atoms with Gasteiger partial charge in [-0.15, -0.1) is 0 Å². The van der Waals surface area contributed by atoms with Gasteiger partial charge in [0.25, 0.3) is 0 Å². The Balaban J connectivity index is 1.91. The number of benzene rings is 2. The Labute approximate surface area is 132 Å². The summed E-state index contributed by atoms with van der Waals surface area (Å²) in [6.45, 7) is 0.400. The quantitative estimate of drug-likeness (QED) is 0.885. The van der Waals surface area contributed by atoms with E-state index in [0.29, 0.717) is 23.5 Å². The number of carbonyl (C=O) groups excluding carboxylic acids is 2. The topological polar surface area (TPSA) is 58.6 Å². The number of rotatable bonds is 3. The molecular weight excluding hydrogens is 299 g/mol. The fourth-order valence-electron chi connectivity index (χ4n) is 2.56. The molecule has 0 bridgehead atoms. The van der Waals surface area contributed by atoms with E-state index in [1.54, 1.807) is 29.2 Å². The molecule has 3 rings (SSSR count). The van der Waals surface area contributed by atoms with Crippen molar-refractivity contribution in [2.24, 2.45) is 0 Å². The summed E-state index contributed by atoms with van der Waals surface area (Å²) in [6, 6.07) is 11.1. The number of fused-ring (bicyclic) bond motifs is 1. The van der Waals surface area contributed by atoms with E-state index in [1.165, 1.54) is 19.2 Å². The molecule has 1 aliphatic heterocycles. The first-order valence-corrected chi connectivity index (χ1v) is 7.09. The second-order valence-corrected chi connectivity index (χ2v) is 5.19. The zero-order valence-electron chi connectivity index (χ0n) is 12.5. The SMILES string of the molecule is COC(=O)c1cccc(CN2C(=O)CNc3cc(F)ccc32)c1. The van der Waals surface area contributed by atoms with Crippen LogP contribution in [0, 0.1) is 5.82 Å². The lowest BCUT2D eigenvalue weighted by Gasteiger charge is -2.30. The fraction of sp³-hybridized carbons (Fsp3) is 0.176. The molecule has 2 aromatic rings. The van der Waals surface area contributed by atoms with E-state index in [4.69, 9.17) is 4.74 Å². The van der Waals surface area contributed by atoms with E-state index in [-0.39, 0.29) is 18.3 Å². The Kier molecular flexibility index (Phi) is 3.97. The highest BCUT2D eigenvalue weighted by molar-refractivity contribution is 6.02. The number of esters is 1. The van der Waals surface area contributed by atoms with Gasteiger partial charge in [0.15, 0.2) is 0 Å². The highest BCUT2D eigenvalue weighted by Gasteiger charge is 2.24. The van der Waals surface area contributed by atoms with Gasteiger partial charge in [-0.2, -0.15) is 0 Å². The molecule has 0 saturated carbocycles. The average molecular weight is 314 g/mol. The number of hydrogen-bond donors (Lipinski definition) is 1. The van der Waals surface area contributed by atoms with Crippen molar-refractivity contribution in [1.82, 2.24) is 0 Å². The second-order valence-electron chi connectivity index (χ2n) is 5.19. The maximum atomic E-state index is 13.3. The van der Waals surface area contributed by atoms with Gasteiger partial charge in [-0.25, -0.2) is 9.18 Å². The zero-order chi connectivity index (χ0) is 16.4. The lowest BCUT2D eigenvalue weighted by Crippen LogP contribution is -2.39. The molecule has 0 aromatic heterocycles. The van der Waals surface area contributed by atoms with Crippen LogP contribution in [0.2, 0.25) is 0 Å². The molecule has 1 aliphatic rings. The third-order valence-electron chi connectivity index (χ3n) is 3.67. The second kappa shape index (κ2) is 6.08. The Morgan fingerprint density at radius 2 is 2.13 bits per heavy atom. The number of nitrogens with one attached hydrogen (secondary N) is 1. The predicted molar refractivity (Wildman–Crippen MR) is 83.9 cm³/mol. The maximum absolute atomic E-state index is 13.3. The summed E-state index contributed by atoms with van der Waals surface area (Å²) in [5.41, 5.74) is 2.41. The lowest BCUT2D eigenvalue weighted by molar-refractivity contribution is -0.117. The van der Waals surface area contributed by atoms with Crippen molar-refractivity contribution in [2.75, 3.05) is 23.9 Å². The summed E-state index contributed by atoms with van der Waals surface area (Å²) < 4.78 is 18.0. The lowest BCUT2D eigenvalue weighted by atomic mass is 10.1. The van der Waals surface area contributed by atoms with E-state index in [0.717, 1.165) is 5.56 Å². The van der Waals surface area contributed by atoms with Gasteiger partial charge in [0.2, 0.25) is 5.91 Å². The molecule has 6 heteroatoms. The van der Waals surface area contributed by atoms with E-state index >= 15 is 0 Å². The summed E-state index contributed by atoms with van der Waals surface area (Å²) in [5.74, 6) is -0.910. The molecule has 5 nitrogen and oxygen atoms in total. The van der Waals surface area contributed by atoms with Gasteiger partial charge in [-0.05, 0) is 35.9 Å². The van der Waals surface area contributed by atoms with Crippen molar-refractivity contribution in [2.45, 2.75) is 6.54 Å².